The Labute approximate surface area is 183 Å². The third-order valence-electron chi connectivity index (χ3n) is 6.72. The fraction of sp³-hybridized carbons (Fsp3) is 0.458. The second-order valence-corrected chi connectivity index (χ2v) is 11.3. The summed E-state index contributed by atoms with van der Waals surface area (Å²) in [5, 5.41) is 0. The van der Waals surface area contributed by atoms with Crippen molar-refractivity contribution >= 4 is 21.6 Å². The molecular weight excluding hydrogens is 412 g/mol. The van der Waals surface area contributed by atoms with Gasteiger partial charge < -0.3 is 14.2 Å². The summed E-state index contributed by atoms with van der Waals surface area (Å²) in [4.78, 5) is 15.3. The minimum absolute atomic E-state index is 0.00606. The Morgan fingerprint density at radius 3 is 2.61 bits per heavy atom. The van der Waals surface area contributed by atoms with Gasteiger partial charge in [-0.15, -0.1) is 0 Å². The van der Waals surface area contributed by atoms with Crippen LogP contribution in [0.1, 0.15) is 30.9 Å². The number of fused-ring (bicyclic) bond motifs is 1. The van der Waals surface area contributed by atoms with Crippen molar-refractivity contribution in [2.24, 2.45) is 12.5 Å². The maximum atomic E-state index is 13.0. The number of hydrogen-bond donors (Lipinski definition) is 0. The smallest absolute Gasteiger partial charge is 0.254 e. The average molecular weight is 441 g/mol. The van der Waals surface area contributed by atoms with E-state index in [2.05, 4.69) is 4.90 Å². The van der Waals surface area contributed by atoms with E-state index in [4.69, 9.17) is 4.74 Å². The number of aryl methyl sites for hydroxylation is 1. The maximum absolute atomic E-state index is 13.0. The van der Waals surface area contributed by atoms with Crippen molar-refractivity contribution in [3.63, 3.8) is 0 Å². The predicted octanol–water partition coefficient (Wildman–Crippen LogP) is 3.03. The van der Waals surface area contributed by atoms with Crippen LogP contribution in [0.2, 0.25) is 0 Å². The molecule has 7 heteroatoms. The quantitative estimate of drug-likeness (QED) is 0.691. The van der Waals surface area contributed by atoms with Gasteiger partial charge in [0.05, 0.1) is 29.3 Å². The molecule has 0 amide bonds. The first-order chi connectivity index (χ1) is 14.8. The monoisotopic (exact) mass is 440 g/mol. The second-order valence-electron chi connectivity index (χ2n) is 9.16. The molecule has 0 saturated carbocycles. The molecule has 0 N–H and O–H groups in total. The Hall–Kier alpha value is -2.38. The third-order valence-corrected chi connectivity index (χ3v) is 8.51. The van der Waals surface area contributed by atoms with E-state index >= 15 is 0 Å². The molecule has 2 fully saturated rings. The first kappa shape index (κ1) is 20.5. The summed E-state index contributed by atoms with van der Waals surface area (Å²) >= 11 is 0. The molecule has 0 unspecified atom stereocenters. The number of benzene rings is 1. The lowest BCUT2D eigenvalue weighted by Crippen LogP contribution is -2.66. The van der Waals surface area contributed by atoms with Crippen LogP contribution in [-0.2, 0) is 28.0 Å². The molecule has 3 heterocycles. The van der Waals surface area contributed by atoms with Gasteiger partial charge in [0.15, 0.2) is 9.84 Å². The summed E-state index contributed by atoms with van der Waals surface area (Å²) in [5.41, 5.74) is 4.76. The molecule has 0 radical (unpaired) electrons. The lowest BCUT2D eigenvalue weighted by molar-refractivity contribution is -0.127. The van der Waals surface area contributed by atoms with E-state index in [1.54, 1.807) is 17.7 Å². The van der Waals surface area contributed by atoms with Crippen molar-refractivity contribution in [2.45, 2.75) is 31.1 Å². The predicted molar refractivity (Wildman–Crippen MR) is 122 cm³/mol. The number of pyridine rings is 1. The van der Waals surface area contributed by atoms with Gasteiger partial charge in [0.1, 0.15) is 0 Å². The molecule has 3 aliphatic rings. The zero-order valence-electron chi connectivity index (χ0n) is 18.1. The van der Waals surface area contributed by atoms with Crippen molar-refractivity contribution in [3.8, 4) is 11.1 Å². The van der Waals surface area contributed by atoms with E-state index in [-0.39, 0.29) is 16.7 Å². The van der Waals surface area contributed by atoms with Gasteiger partial charge >= 0.3 is 0 Å². The number of nitrogens with zero attached hydrogens (tertiary/aromatic N) is 2. The van der Waals surface area contributed by atoms with Gasteiger partial charge in [-0.3, -0.25) is 4.79 Å². The Morgan fingerprint density at radius 1 is 1.16 bits per heavy atom. The molecule has 2 aromatic rings. The summed E-state index contributed by atoms with van der Waals surface area (Å²) in [7, 11) is -1.60. The van der Waals surface area contributed by atoms with Crippen LogP contribution in [0.3, 0.4) is 0 Å². The van der Waals surface area contributed by atoms with Crippen molar-refractivity contribution in [3.05, 3.63) is 52.0 Å². The highest BCUT2D eigenvalue weighted by atomic mass is 32.2. The van der Waals surface area contributed by atoms with Crippen LogP contribution in [0, 0.1) is 5.41 Å². The van der Waals surface area contributed by atoms with Gasteiger partial charge in [0.2, 0.25) is 0 Å². The Bertz CT molecular complexity index is 1230. The van der Waals surface area contributed by atoms with Gasteiger partial charge in [-0.25, -0.2) is 8.42 Å². The van der Waals surface area contributed by atoms with E-state index in [9.17, 15) is 13.2 Å². The first-order valence-electron chi connectivity index (χ1n) is 10.9. The molecule has 2 saturated heterocycles. The number of anilines is 1. The third kappa shape index (κ3) is 3.34. The summed E-state index contributed by atoms with van der Waals surface area (Å²) in [6, 6.07) is 5.50. The van der Waals surface area contributed by atoms with Crippen LogP contribution in [0.15, 0.2) is 40.2 Å². The highest BCUT2D eigenvalue weighted by Gasteiger charge is 2.49. The fourth-order valence-corrected chi connectivity index (χ4v) is 6.35. The van der Waals surface area contributed by atoms with Crippen molar-refractivity contribution in [2.75, 3.05) is 37.0 Å². The molecule has 1 aromatic heterocycles. The molecule has 6 nitrogen and oxygen atoms in total. The number of rotatable bonds is 6. The normalized spacial score (nSPS) is 18.7. The molecule has 0 bridgehead atoms. The van der Waals surface area contributed by atoms with Crippen LogP contribution < -0.4 is 10.5 Å². The van der Waals surface area contributed by atoms with Gasteiger partial charge in [0.25, 0.3) is 5.56 Å². The molecule has 0 atom stereocenters. The maximum Gasteiger partial charge on any atom is 0.254 e. The minimum atomic E-state index is -3.36. The number of sulfone groups is 1. The summed E-state index contributed by atoms with van der Waals surface area (Å²) in [6.07, 6.45) is 7.93. The summed E-state index contributed by atoms with van der Waals surface area (Å²) < 4.78 is 32.9. The highest BCUT2D eigenvalue weighted by Crippen LogP contribution is 2.45. The van der Waals surface area contributed by atoms with Crippen molar-refractivity contribution in [1.29, 1.82) is 0 Å². The topological polar surface area (TPSA) is 68.6 Å². The number of unbranched alkanes of at least 4 members (excludes halogenated alkanes) is 1. The SMILES string of the molecule is CCCCS(=O)(=O)c1ccc(N2CC3(COC3)C2)c(-c2cn(C)c(=O)c3c2C=CC3)c1. The molecule has 5 rings (SSSR count). The molecule has 1 spiro atoms. The molecular formula is C24H28N2O4S. The van der Waals surface area contributed by atoms with Gasteiger partial charge in [-0.2, -0.15) is 0 Å². The van der Waals surface area contributed by atoms with Gasteiger partial charge in [-0.1, -0.05) is 25.5 Å². The van der Waals surface area contributed by atoms with E-state index in [0.717, 1.165) is 60.7 Å². The van der Waals surface area contributed by atoms with Crippen molar-refractivity contribution < 1.29 is 13.2 Å². The summed E-state index contributed by atoms with van der Waals surface area (Å²) in [5.74, 6) is 0.151. The zero-order valence-corrected chi connectivity index (χ0v) is 18.9. The Morgan fingerprint density at radius 2 is 1.94 bits per heavy atom. The average Bonchev–Trinajstić information content (AvgIpc) is 3.17. The van der Waals surface area contributed by atoms with Crippen LogP contribution in [0.25, 0.3) is 17.2 Å². The number of allylic oxidation sites excluding steroid dienone is 1. The number of aromatic nitrogens is 1. The molecule has 164 valence electrons. The number of hydrogen-bond acceptors (Lipinski definition) is 5. The number of ether oxygens (including phenoxy) is 1. The Balaban J connectivity index is 1.64. The molecule has 1 aliphatic carbocycles. The highest BCUT2D eigenvalue weighted by molar-refractivity contribution is 7.91. The van der Waals surface area contributed by atoms with Gasteiger partial charge in [0, 0.05) is 48.7 Å². The first-order valence-corrected chi connectivity index (χ1v) is 12.6. The van der Waals surface area contributed by atoms with E-state index < -0.39 is 9.84 Å². The summed E-state index contributed by atoms with van der Waals surface area (Å²) in [6.45, 7) is 5.39. The second kappa shape index (κ2) is 7.35. The van der Waals surface area contributed by atoms with Crippen LogP contribution in [-0.4, -0.2) is 45.0 Å². The standard InChI is InChI=1S/C24H28N2O4S/c1-3-4-10-31(28,29)17-8-9-22(26-13-24(14-26)15-30-16-24)20(11-17)21-12-25(2)23(27)19-7-5-6-18(19)21/h5-6,8-9,11-12H,3-4,7,10,13-16H2,1-2H3. The lowest BCUT2D eigenvalue weighted by atomic mass is 9.77. The zero-order chi connectivity index (χ0) is 21.8. The minimum Gasteiger partial charge on any atom is -0.380 e. The lowest BCUT2D eigenvalue weighted by Gasteiger charge is -2.56. The van der Waals surface area contributed by atoms with E-state index in [1.165, 1.54) is 0 Å². The molecule has 1 aromatic carbocycles. The molecule has 2 aliphatic heterocycles. The largest absolute Gasteiger partial charge is 0.380 e. The van der Waals surface area contributed by atoms with E-state index in [0.29, 0.717) is 17.7 Å². The van der Waals surface area contributed by atoms with Crippen LogP contribution >= 0.6 is 0 Å². The van der Waals surface area contributed by atoms with Crippen LogP contribution in [0.5, 0.6) is 0 Å². The fourth-order valence-electron chi connectivity index (χ4n) is 4.87. The Kier molecular flexibility index (Phi) is 4.86. The van der Waals surface area contributed by atoms with Crippen LogP contribution in [0.4, 0.5) is 5.69 Å². The molecule has 31 heavy (non-hydrogen) atoms. The van der Waals surface area contributed by atoms with E-state index in [1.807, 2.05) is 37.4 Å². The van der Waals surface area contributed by atoms with Crippen molar-refractivity contribution in [1.82, 2.24) is 4.57 Å². The van der Waals surface area contributed by atoms with Gasteiger partial charge in [-0.05, 0) is 36.6 Å².